The van der Waals surface area contributed by atoms with E-state index in [4.69, 9.17) is 12.2 Å². The zero-order valence-electron chi connectivity index (χ0n) is 12.1. The molecule has 0 spiro atoms. The third-order valence-corrected chi connectivity index (χ3v) is 4.74. The van der Waals surface area contributed by atoms with Crippen molar-refractivity contribution in [2.24, 2.45) is 0 Å². The highest BCUT2D eigenvalue weighted by Crippen LogP contribution is 2.39. The Morgan fingerprint density at radius 2 is 1.67 bits per heavy atom. The zero-order valence-corrected chi connectivity index (χ0v) is 12.9. The van der Waals surface area contributed by atoms with Crippen molar-refractivity contribution in [3.05, 3.63) is 34.9 Å². The molecule has 5 heteroatoms. The molecule has 2 fully saturated rings. The lowest BCUT2D eigenvalue weighted by Gasteiger charge is -2.28. The number of rotatable bonds is 3. The lowest BCUT2D eigenvalue weighted by molar-refractivity contribution is 0.578. The molecule has 1 N–H and O–H groups in total. The second-order valence-corrected chi connectivity index (χ2v) is 6.45. The van der Waals surface area contributed by atoms with E-state index in [2.05, 4.69) is 43.9 Å². The minimum Gasteiger partial charge on any atom is -0.372 e. The molecular weight excluding hydrogens is 280 g/mol. The first-order chi connectivity index (χ1) is 10.3. The van der Waals surface area contributed by atoms with Gasteiger partial charge in [-0.1, -0.05) is 0 Å². The Morgan fingerprint density at radius 1 is 1.00 bits per heavy atom. The number of hydrogen-bond acceptors (Lipinski definition) is 3. The summed E-state index contributed by atoms with van der Waals surface area (Å²) in [5.74, 6) is 1.67. The van der Waals surface area contributed by atoms with Crippen LogP contribution < -0.4 is 4.90 Å². The maximum absolute atomic E-state index is 5.39. The minimum absolute atomic E-state index is 0.583. The molecule has 1 saturated heterocycles. The molecule has 0 bridgehead atoms. The molecule has 1 aromatic carbocycles. The highest BCUT2D eigenvalue weighted by Gasteiger charge is 2.29. The van der Waals surface area contributed by atoms with Crippen molar-refractivity contribution in [1.82, 2.24) is 14.8 Å². The van der Waals surface area contributed by atoms with Gasteiger partial charge in [-0.05, 0) is 68.6 Å². The number of aromatic amines is 1. The smallest absolute Gasteiger partial charge is 0.199 e. The summed E-state index contributed by atoms with van der Waals surface area (Å²) in [7, 11) is 0. The van der Waals surface area contributed by atoms with E-state index in [1.54, 1.807) is 0 Å². The lowest BCUT2D eigenvalue weighted by atomic mass is 10.1. The predicted octanol–water partition coefficient (Wildman–Crippen LogP) is 3.80. The normalized spacial score (nSPS) is 19.0. The largest absolute Gasteiger partial charge is 0.372 e. The zero-order chi connectivity index (χ0) is 14.2. The molecule has 1 aliphatic carbocycles. The van der Waals surface area contributed by atoms with Crippen LogP contribution in [0.1, 0.15) is 43.8 Å². The Balaban J connectivity index is 1.64. The van der Waals surface area contributed by atoms with Gasteiger partial charge in [0.15, 0.2) is 4.77 Å². The van der Waals surface area contributed by atoms with Crippen molar-refractivity contribution in [2.75, 3.05) is 18.0 Å². The van der Waals surface area contributed by atoms with Crippen molar-refractivity contribution < 1.29 is 0 Å². The molecule has 2 aromatic rings. The topological polar surface area (TPSA) is 36.9 Å². The molecular formula is C16H20N4S. The summed E-state index contributed by atoms with van der Waals surface area (Å²) < 4.78 is 2.79. The standard InChI is InChI=1S/C16H20N4S/c21-16-18-17-15(12-4-5-12)20(16)14-8-6-13(7-9-14)19-10-2-1-3-11-19/h6-9,12H,1-5,10-11H2,(H,18,21). The van der Waals surface area contributed by atoms with Gasteiger partial charge in [0.2, 0.25) is 0 Å². The van der Waals surface area contributed by atoms with Gasteiger partial charge >= 0.3 is 0 Å². The Kier molecular flexibility index (Phi) is 3.30. The summed E-state index contributed by atoms with van der Waals surface area (Å²) in [6, 6.07) is 8.76. The maximum Gasteiger partial charge on any atom is 0.199 e. The number of piperidine rings is 1. The summed E-state index contributed by atoms with van der Waals surface area (Å²) in [5, 5.41) is 7.34. The van der Waals surface area contributed by atoms with Crippen LogP contribution in [0.5, 0.6) is 0 Å². The van der Waals surface area contributed by atoms with E-state index in [-0.39, 0.29) is 0 Å². The van der Waals surface area contributed by atoms with Gasteiger partial charge in [0, 0.05) is 30.4 Å². The van der Waals surface area contributed by atoms with Crippen LogP contribution >= 0.6 is 12.2 Å². The molecule has 1 aliphatic heterocycles. The molecule has 4 rings (SSSR count). The molecule has 110 valence electrons. The van der Waals surface area contributed by atoms with Crippen LogP contribution in [-0.4, -0.2) is 27.9 Å². The van der Waals surface area contributed by atoms with Crippen molar-refractivity contribution in [3.63, 3.8) is 0 Å². The lowest BCUT2D eigenvalue weighted by Crippen LogP contribution is -2.29. The van der Waals surface area contributed by atoms with Gasteiger partial charge in [-0.25, -0.2) is 0 Å². The quantitative estimate of drug-likeness (QED) is 0.876. The van der Waals surface area contributed by atoms with E-state index in [0.29, 0.717) is 10.7 Å². The Hall–Kier alpha value is -1.62. The van der Waals surface area contributed by atoms with E-state index in [0.717, 1.165) is 11.5 Å². The first-order valence-corrected chi connectivity index (χ1v) is 8.26. The van der Waals surface area contributed by atoms with Gasteiger partial charge in [0.25, 0.3) is 0 Å². The van der Waals surface area contributed by atoms with Crippen LogP contribution in [0.4, 0.5) is 5.69 Å². The number of nitrogens with zero attached hydrogens (tertiary/aromatic N) is 3. The molecule has 2 heterocycles. The summed E-state index contributed by atoms with van der Waals surface area (Å²) in [6.45, 7) is 2.36. The molecule has 1 saturated carbocycles. The Morgan fingerprint density at radius 3 is 2.33 bits per heavy atom. The molecule has 4 nitrogen and oxygen atoms in total. The van der Waals surface area contributed by atoms with E-state index >= 15 is 0 Å². The molecule has 0 radical (unpaired) electrons. The van der Waals surface area contributed by atoms with Crippen LogP contribution in [0.15, 0.2) is 24.3 Å². The van der Waals surface area contributed by atoms with Crippen LogP contribution in [0.2, 0.25) is 0 Å². The highest BCUT2D eigenvalue weighted by atomic mass is 32.1. The number of benzene rings is 1. The maximum atomic E-state index is 5.39. The van der Waals surface area contributed by atoms with Gasteiger partial charge in [-0.3, -0.25) is 9.67 Å². The highest BCUT2D eigenvalue weighted by molar-refractivity contribution is 7.71. The molecule has 0 unspecified atom stereocenters. The predicted molar refractivity (Wildman–Crippen MR) is 86.8 cm³/mol. The molecule has 21 heavy (non-hydrogen) atoms. The van der Waals surface area contributed by atoms with E-state index in [1.165, 1.54) is 50.9 Å². The van der Waals surface area contributed by atoms with Crippen LogP contribution in [-0.2, 0) is 0 Å². The third-order valence-electron chi connectivity index (χ3n) is 4.47. The Bertz CT molecular complexity index is 675. The third kappa shape index (κ3) is 2.50. The monoisotopic (exact) mass is 300 g/mol. The van der Waals surface area contributed by atoms with E-state index < -0.39 is 0 Å². The average Bonchev–Trinajstić information content (AvgIpc) is 3.31. The van der Waals surface area contributed by atoms with Crippen LogP contribution in [0.3, 0.4) is 0 Å². The van der Waals surface area contributed by atoms with Gasteiger partial charge in [-0.2, -0.15) is 5.10 Å². The minimum atomic E-state index is 0.583. The van der Waals surface area contributed by atoms with Gasteiger partial charge in [-0.15, -0.1) is 0 Å². The average molecular weight is 300 g/mol. The summed E-state index contributed by atoms with van der Waals surface area (Å²) in [5.41, 5.74) is 2.44. The number of nitrogens with one attached hydrogen (secondary N) is 1. The van der Waals surface area contributed by atoms with Crippen molar-refractivity contribution in [3.8, 4) is 5.69 Å². The van der Waals surface area contributed by atoms with Gasteiger partial charge in [0.05, 0.1) is 0 Å². The van der Waals surface area contributed by atoms with E-state index in [9.17, 15) is 0 Å². The second-order valence-electron chi connectivity index (χ2n) is 6.06. The fourth-order valence-electron chi connectivity index (χ4n) is 3.14. The first kappa shape index (κ1) is 13.1. The van der Waals surface area contributed by atoms with Crippen molar-refractivity contribution in [2.45, 2.75) is 38.0 Å². The molecule has 2 aliphatic rings. The number of anilines is 1. The second kappa shape index (κ2) is 5.30. The Labute approximate surface area is 129 Å². The number of H-pyrrole nitrogens is 1. The van der Waals surface area contributed by atoms with E-state index in [1.807, 2.05) is 0 Å². The first-order valence-electron chi connectivity index (χ1n) is 7.85. The molecule has 1 aromatic heterocycles. The van der Waals surface area contributed by atoms with Crippen molar-refractivity contribution in [1.29, 1.82) is 0 Å². The van der Waals surface area contributed by atoms with Gasteiger partial charge < -0.3 is 4.90 Å². The number of hydrogen-bond donors (Lipinski definition) is 1. The number of aromatic nitrogens is 3. The van der Waals surface area contributed by atoms with Crippen LogP contribution in [0, 0.1) is 4.77 Å². The fourth-order valence-corrected chi connectivity index (χ4v) is 3.38. The van der Waals surface area contributed by atoms with Gasteiger partial charge in [0.1, 0.15) is 5.82 Å². The van der Waals surface area contributed by atoms with Crippen molar-refractivity contribution >= 4 is 17.9 Å². The summed E-state index contributed by atoms with van der Waals surface area (Å²) in [6.07, 6.45) is 6.43. The SMILES string of the molecule is S=c1[nH]nc(C2CC2)n1-c1ccc(N2CCCCC2)cc1. The molecule has 0 atom stereocenters. The summed E-state index contributed by atoms with van der Waals surface area (Å²) in [4.78, 5) is 2.48. The summed E-state index contributed by atoms with van der Waals surface area (Å²) >= 11 is 5.39. The van der Waals surface area contributed by atoms with Crippen LogP contribution in [0.25, 0.3) is 5.69 Å². The molecule has 0 amide bonds. The fraction of sp³-hybridized carbons (Fsp3) is 0.500.